The molecule has 0 unspecified atom stereocenters. The summed E-state index contributed by atoms with van der Waals surface area (Å²) in [6, 6.07) is 13.7. The van der Waals surface area contributed by atoms with Crippen LogP contribution in [-0.2, 0) is 4.79 Å². The number of anilines is 1. The molecular formula is C20H11ClFN3O3S2. The van der Waals surface area contributed by atoms with Gasteiger partial charge in [0, 0.05) is 24.0 Å². The van der Waals surface area contributed by atoms with Gasteiger partial charge in [0.15, 0.2) is 4.32 Å². The minimum Gasteiger partial charge on any atom is -0.317 e. The summed E-state index contributed by atoms with van der Waals surface area (Å²) in [4.78, 5) is 25.2. The zero-order valence-electron chi connectivity index (χ0n) is 15.0. The molecule has 3 aromatic rings. The molecular weight excluding hydrogens is 449 g/mol. The van der Waals surface area contributed by atoms with Gasteiger partial charge in [-0.05, 0) is 42.5 Å². The Morgan fingerprint density at radius 2 is 1.93 bits per heavy atom. The van der Waals surface area contributed by atoms with Crippen molar-refractivity contribution in [2.24, 2.45) is 0 Å². The van der Waals surface area contributed by atoms with Crippen molar-refractivity contribution in [1.82, 2.24) is 4.57 Å². The third-order valence-corrected chi connectivity index (χ3v) is 5.92. The number of thioether (sulfide) groups is 1. The number of non-ortho nitro benzene ring substituents is 1. The van der Waals surface area contributed by atoms with E-state index in [4.69, 9.17) is 23.8 Å². The lowest BCUT2D eigenvalue weighted by molar-refractivity contribution is -0.384. The molecule has 30 heavy (non-hydrogen) atoms. The van der Waals surface area contributed by atoms with Gasteiger partial charge in [0.2, 0.25) is 0 Å². The molecule has 1 aliphatic rings. The van der Waals surface area contributed by atoms with Gasteiger partial charge in [-0.25, -0.2) is 4.39 Å². The van der Waals surface area contributed by atoms with Crippen molar-refractivity contribution >= 4 is 63.3 Å². The lowest BCUT2D eigenvalue weighted by atomic mass is 10.2. The Labute approximate surface area is 184 Å². The number of nitrogens with zero attached hydrogens (tertiary/aromatic N) is 3. The Bertz CT molecular complexity index is 1240. The van der Waals surface area contributed by atoms with E-state index >= 15 is 0 Å². The molecule has 2 heterocycles. The van der Waals surface area contributed by atoms with Crippen LogP contribution in [0.4, 0.5) is 15.8 Å². The number of nitro benzene ring substituents is 1. The van der Waals surface area contributed by atoms with Gasteiger partial charge in [-0.3, -0.25) is 19.8 Å². The summed E-state index contributed by atoms with van der Waals surface area (Å²) in [6.45, 7) is 0. The molecule has 0 radical (unpaired) electrons. The molecule has 1 saturated heterocycles. The smallest absolute Gasteiger partial charge is 0.271 e. The number of rotatable bonds is 4. The van der Waals surface area contributed by atoms with Crippen LogP contribution in [0.15, 0.2) is 65.7 Å². The number of halogens is 2. The van der Waals surface area contributed by atoms with Gasteiger partial charge >= 0.3 is 0 Å². The standard InChI is InChI=1S/C20H11ClFN3O3S2/c21-16-10-14(6-7-17(16)22)24-19(26)18(30-20(24)29)11-13-5-2-8-23(13)12-3-1-4-15(9-12)25(27)28/h1-11H/b18-11-. The number of hydrogen-bond acceptors (Lipinski definition) is 5. The first-order chi connectivity index (χ1) is 14.3. The van der Waals surface area contributed by atoms with Gasteiger partial charge in [0.1, 0.15) is 5.82 Å². The summed E-state index contributed by atoms with van der Waals surface area (Å²) in [5, 5.41) is 11.0. The van der Waals surface area contributed by atoms with Crippen LogP contribution in [-0.4, -0.2) is 19.7 Å². The van der Waals surface area contributed by atoms with Crippen molar-refractivity contribution < 1.29 is 14.1 Å². The number of nitro groups is 1. The second kappa shape index (κ2) is 8.02. The van der Waals surface area contributed by atoms with Gasteiger partial charge in [0.05, 0.1) is 26.2 Å². The fourth-order valence-corrected chi connectivity index (χ4v) is 4.41. The fourth-order valence-electron chi connectivity index (χ4n) is 2.95. The molecule has 1 fully saturated rings. The van der Waals surface area contributed by atoms with Crippen LogP contribution in [0.5, 0.6) is 0 Å². The van der Waals surface area contributed by atoms with Gasteiger partial charge in [0.25, 0.3) is 11.6 Å². The van der Waals surface area contributed by atoms with E-state index < -0.39 is 10.7 Å². The quantitative estimate of drug-likeness (QED) is 0.220. The van der Waals surface area contributed by atoms with Crippen molar-refractivity contribution in [3.05, 3.63) is 92.3 Å². The maximum atomic E-state index is 13.5. The third kappa shape index (κ3) is 3.74. The molecule has 1 aliphatic heterocycles. The molecule has 0 N–H and O–H groups in total. The van der Waals surface area contributed by atoms with Gasteiger partial charge in [-0.2, -0.15) is 0 Å². The highest BCUT2D eigenvalue weighted by molar-refractivity contribution is 8.27. The molecule has 4 rings (SSSR count). The molecule has 0 bridgehead atoms. The maximum absolute atomic E-state index is 13.5. The number of amides is 1. The predicted molar refractivity (Wildman–Crippen MR) is 119 cm³/mol. The summed E-state index contributed by atoms with van der Waals surface area (Å²) in [7, 11) is 0. The first-order valence-electron chi connectivity index (χ1n) is 8.50. The molecule has 0 atom stereocenters. The summed E-state index contributed by atoms with van der Waals surface area (Å²) in [5.74, 6) is -0.948. The van der Waals surface area contributed by atoms with Crippen LogP contribution in [0.25, 0.3) is 11.8 Å². The van der Waals surface area contributed by atoms with Crippen molar-refractivity contribution in [2.75, 3.05) is 4.90 Å². The van der Waals surface area contributed by atoms with Crippen LogP contribution in [0.2, 0.25) is 5.02 Å². The topological polar surface area (TPSA) is 68.4 Å². The average Bonchev–Trinajstić information content (AvgIpc) is 3.29. The van der Waals surface area contributed by atoms with E-state index in [2.05, 4.69) is 0 Å². The van der Waals surface area contributed by atoms with Crippen molar-refractivity contribution in [3.63, 3.8) is 0 Å². The highest BCUT2D eigenvalue weighted by Crippen LogP contribution is 2.37. The Balaban J connectivity index is 1.69. The van der Waals surface area contributed by atoms with Crippen molar-refractivity contribution in [3.8, 4) is 5.69 Å². The molecule has 1 aromatic heterocycles. The summed E-state index contributed by atoms with van der Waals surface area (Å²) in [6.07, 6.45) is 3.40. The number of carbonyl (C=O) groups is 1. The number of hydrogen-bond donors (Lipinski definition) is 0. The Morgan fingerprint density at radius 3 is 2.67 bits per heavy atom. The maximum Gasteiger partial charge on any atom is 0.271 e. The molecule has 10 heteroatoms. The Morgan fingerprint density at radius 1 is 1.13 bits per heavy atom. The van der Waals surface area contributed by atoms with Gasteiger partial charge in [-0.1, -0.05) is 41.6 Å². The lowest BCUT2D eigenvalue weighted by Gasteiger charge is -2.14. The molecule has 0 aliphatic carbocycles. The third-order valence-electron chi connectivity index (χ3n) is 4.33. The second-order valence-corrected chi connectivity index (χ2v) is 8.28. The molecule has 1 amide bonds. The van der Waals surface area contributed by atoms with Crippen LogP contribution < -0.4 is 4.90 Å². The fraction of sp³-hybridized carbons (Fsp3) is 0. The highest BCUT2D eigenvalue weighted by Gasteiger charge is 2.33. The number of thiocarbonyl (C=S) groups is 1. The zero-order chi connectivity index (χ0) is 21.4. The van der Waals surface area contributed by atoms with Crippen LogP contribution in [0, 0.1) is 15.9 Å². The average molecular weight is 460 g/mol. The first-order valence-corrected chi connectivity index (χ1v) is 10.1. The van der Waals surface area contributed by atoms with Crippen LogP contribution in [0.3, 0.4) is 0 Å². The van der Waals surface area contributed by atoms with Crippen LogP contribution >= 0.6 is 35.6 Å². The Kier molecular flexibility index (Phi) is 5.42. The van der Waals surface area contributed by atoms with E-state index in [0.717, 1.165) is 11.8 Å². The largest absolute Gasteiger partial charge is 0.317 e. The minimum atomic E-state index is -0.587. The minimum absolute atomic E-state index is 0.0355. The van der Waals surface area contributed by atoms with Crippen molar-refractivity contribution in [1.29, 1.82) is 0 Å². The molecule has 150 valence electrons. The number of aromatic nitrogens is 1. The van der Waals surface area contributed by atoms with Gasteiger partial charge in [-0.15, -0.1) is 0 Å². The lowest BCUT2D eigenvalue weighted by Crippen LogP contribution is -2.27. The van der Waals surface area contributed by atoms with E-state index in [1.54, 1.807) is 41.1 Å². The summed E-state index contributed by atoms with van der Waals surface area (Å²) < 4.78 is 15.5. The molecule has 6 nitrogen and oxygen atoms in total. The second-order valence-electron chi connectivity index (χ2n) is 6.20. The molecule has 2 aromatic carbocycles. The predicted octanol–water partition coefficient (Wildman–Crippen LogP) is 5.58. The highest BCUT2D eigenvalue weighted by atomic mass is 35.5. The molecule has 0 spiro atoms. The van der Waals surface area contributed by atoms with E-state index in [1.165, 1.54) is 35.2 Å². The number of carbonyl (C=O) groups excluding carboxylic acids is 1. The normalized spacial score (nSPS) is 15.3. The van der Waals surface area contributed by atoms with E-state index in [9.17, 15) is 19.3 Å². The Hall–Kier alpha value is -3.01. The summed E-state index contributed by atoms with van der Waals surface area (Å²) >= 11 is 12.3. The van der Waals surface area contributed by atoms with Crippen LogP contribution in [0.1, 0.15) is 5.69 Å². The zero-order valence-corrected chi connectivity index (χ0v) is 17.4. The van der Waals surface area contributed by atoms with E-state index in [1.807, 2.05) is 0 Å². The van der Waals surface area contributed by atoms with E-state index in [-0.39, 0.29) is 16.6 Å². The monoisotopic (exact) mass is 459 g/mol. The summed E-state index contributed by atoms with van der Waals surface area (Å²) in [5.41, 5.74) is 1.57. The SMILES string of the molecule is O=C1/C(=C/c2cccn2-c2cccc([N+](=O)[O-])c2)SC(=S)N1c1ccc(F)c(Cl)c1. The molecule has 0 saturated carbocycles. The number of benzene rings is 2. The first kappa shape index (κ1) is 20.3. The van der Waals surface area contributed by atoms with Crippen molar-refractivity contribution in [2.45, 2.75) is 0 Å². The van der Waals surface area contributed by atoms with Gasteiger partial charge < -0.3 is 4.57 Å². The van der Waals surface area contributed by atoms with E-state index in [0.29, 0.717) is 26.3 Å².